The summed E-state index contributed by atoms with van der Waals surface area (Å²) < 4.78 is 55.4. The largest absolute Gasteiger partial charge is 0.296 e. The summed E-state index contributed by atoms with van der Waals surface area (Å²) in [4.78, 5) is 0.176. The summed E-state index contributed by atoms with van der Waals surface area (Å²) in [6.07, 6.45) is 3.84. The van der Waals surface area contributed by atoms with Crippen molar-refractivity contribution in [1.82, 2.24) is 4.31 Å². The molecule has 25 heavy (non-hydrogen) atoms. The van der Waals surface area contributed by atoms with Gasteiger partial charge >= 0.3 is 0 Å². The number of rotatable bonds is 5. The summed E-state index contributed by atoms with van der Waals surface area (Å²) in [7, 11) is -6.80. The molecule has 2 aliphatic rings. The van der Waals surface area contributed by atoms with Crippen molar-refractivity contribution in [1.29, 1.82) is 0 Å². The molecule has 1 saturated heterocycles. The van der Waals surface area contributed by atoms with Gasteiger partial charge in [0.2, 0.25) is 10.0 Å². The summed E-state index contributed by atoms with van der Waals surface area (Å²) in [5, 5.41) is 0. The number of aryl methyl sites for hydroxylation is 1. The van der Waals surface area contributed by atoms with Crippen molar-refractivity contribution < 1.29 is 21.0 Å². The molecule has 1 aromatic carbocycles. The molecule has 0 radical (unpaired) electrons. The Morgan fingerprint density at radius 3 is 2.32 bits per heavy atom. The second kappa shape index (κ2) is 7.34. The molecule has 0 N–H and O–H groups in total. The Hall–Kier alpha value is -0.960. The first-order chi connectivity index (χ1) is 11.8. The first-order valence-corrected chi connectivity index (χ1v) is 11.8. The maximum Gasteiger partial charge on any atom is 0.296 e. The monoisotopic (exact) mass is 387 g/mol. The summed E-state index contributed by atoms with van der Waals surface area (Å²) in [5.74, 6) is 0.409. The number of sulfonamides is 1. The van der Waals surface area contributed by atoms with Crippen molar-refractivity contribution in [2.45, 2.75) is 50.0 Å². The van der Waals surface area contributed by atoms with Crippen LogP contribution in [0.25, 0.3) is 0 Å². The van der Waals surface area contributed by atoms with Crippen LogP contribution >= 0.6 is 0 Å². The summed E-state index contributed by atoms with van der Waals surface area (Å²) in [5.41, 5.74) is 0.995. The summed E-state index contributed by atoms with van der Waals surface area (Å²) >= 11 is 0. The van der Waals surface area contributed by atoms with Gasteiger partial charge in [0, 0.05) is 12.6 Å². The van der Waals surface area contributed by atoms with E-state index in [0.29, 0.717) is 13.0 Å². The molecule has 140 valence electrons. The molecular weight excluding hydrogens is 362 g/mol. The fraction of sp³-hybridized carbons (Fsp3) is 0.647. The van der Waals surface area contributed by atoms with E-state index in [1.165, 1.54) is 0 Å². The molecule has 0 atom stereocenters. The molecule has 1 heterocycles. The quantitative estimate of drug-likeness (QED) is 0.724. The molecule has 1 aromatic rings. The topological polar surface area (TPSA) is 80.8 Å². The van der Waals surface area contributed by atoms with Gasteiger partial charge in [-0.05, 0) is 57.1 Å². The normalized spacial score (nSPS) is 27.4. The average molecular weight is 388 g/mol. The molecule has 0 aromatic heterocycles. The molecule has 0 amide bonds. The Morgan fingerprint density at radius 2 is 1.76 bits per heavy atom. The highest BCUT2D eigenvalue weighted by Crippen LogP contribution is 2.32. The first-order valence-electron chi connectivity index (χ1n) is 8.73. The molecular formula is C17H25NO5S2. The highest BCUT2D eigenvalue weighted by molar-refractivity contribution is 7.89. The smallest absolute Gasteiger partial charge is 0.266 e. The highest BCUT2D eigenvalue weighted by Gasteiger charge is 2.36. The van der Waals surface area contributed by atoms with Gasteiger partial charge in [-0.3, -0.25) is 4.18 Å². The van der Waals surface area contributed by atoms with E-state index < -0.39 is 20.1 Å². The van der Waals surface area contributed by atoms with E-state index in [1.54, 1.807) is 28.6 Å². The van der Waals surface area contributed by atoms with Gasteiger partial charge in [-0.15, -0.1) is 0 Å². The van der Waals surface area contributed by atoms with E-state index >= 15 is 0 Å². The lowest BCUT2D eigenvalue weighted by molar-refractivity contribution is 0.170. The molecule has 1 saturated carbocycles. The zero-order valence-electron chi connectivity index (χ0n) is 14.4. The molecule has 1 aliphatic heterocycles. The molecule has 0 unspecified atom stereocenters. The molecule has 8 heteroatoms. The van der Waals surface area contributed by atoms with Gasteiger partial charge in [0.05, 0.1) is 17.3 Å². The number of hydrogen-bond acceptors (Lipinski definition) is 5. The number of hydrogen-bond donors (Lipinski definition) is 0. The first kappa shape index (κ1) is 18.8. The Kier molecular flexibility index (Phi) is 5.53. The van der Waals surface area contributed by atoms with Gasteiger partial charge in [-0.2, -0.15) is 12.7 Å². The minimum absolute atomic E-state index is 0.0671. The van der Waals surface area contributed by atoms with E-state index in [-0.39, 0.29) is 29.2 Å². The van der Waals surface area contributed by atoms with Crippen LogP contribution in [0.4, 0.5) is 0 Å². The van der Waals surface area contributed by atoms with Crippen molar-refractivity contribution in [2.24, 2.45) is 5.92 Å². The van der Waals surface area contributed by atoms with Crippen molar-refractivity contribution in [3.8, 4) is 0 Å². The lowest BCUT2D eigenvalue weighted by Crippen LogP contribution is -2.39. The van der Waals surface area contributed by atoms with E-state index in [0.717, 1.165) is 31.2 Å². The minimum Gasteiger partial charge on any atom is -0.266 e. The van der Waals surface area contributed by atoms with Gasteiger partial charge in [-0.25, -0.2) is 8.42 Å². The van der Waals surface area contributed by atoms with E-state index in [4.69, 9.17) is 4.18 Å². The predicted octanol–water partition coefficient (Wildman–Crippen LogP) is 2.29. The van der Waals surface area contributed by atoms with E-state index in [2.05, 4.69) is 0 Å². The Bertz CT molecular complexity index is 794. The van der Waals surface area contributed by atoms with Crippen LogP contribution in [0.3, 0.4) is 0 Å². The molecule has 6 nitrogen and oxygen atoms in total. The molecule has 2 fully saturated rings. The number of benzene rings is 1. The van der Waals surface area contributed by atoms with Crippen LogP contribution in [0.5, 0.6) is 0 Å². The minimum atomic E-state index is -3.73. The number of nitrogens with zero attached hydrogens (tertiary/aromatic N) is 1. The second-order valence-electron chi connectivity index (χ2n) is 7.01. The maximum absolute atomic E-state index is 12.2. The Labute approximate surface area is 150 Å². The van der Waals surface area contributed by atoms with Gasteiger partial charge in [0.15, 0.2) is 0 Å². The third-order valence-electron chi connectivity index (χ3n) is 5.13. The van der Waals surface area contributed by atoms with Crippen molar-refractivity contribution in [2.75, 3.05) is 18.9 Å². The van der Waals surface area contributed by atoms with Crippen molar-refractivity contribution >= 4 is 20.1 Å². The lowest BCUT2D eigenvalue weighted by Gasteiger charge is -2.33. The zero-order chi connectivity index (χ0) is 18.1. The zero-order valence-corrected chi connectivity index (χ0v) is 16.1. The second-order valence-corrected chi connectivity index (χ2v) is 10.7. The standard InChI is InChI=1S/C17H25NO5S2/c1-14-3-9-17(10-4-14)25(21,22)23-13-15-5-7-16(8-6-15)18-11-2-12-24(18,19)20/h3-4,9-10,15-16H,2,5-8,11-13H2,1H3/t15-,16-. The predicted molar refractivity (Wildman–Crippen MR) is 95.2 cm³/mol. The summed E-state index contributed by atoms with van der Waals surface area (Å²) in [6.45, 7) is 2.68. The van der Waals surface area contributed by atoms with E-state index in [1.807, 2.05) is 6.92 Å². The van der Waals surface area contributed by atoms with Crippen LogP contribution in [0.15, 0.2) is 29.2 Å². The molecule has 3 rings (SSSR count). The molecule has 0 spiro atoms. The van der Waals surface area contributed by atoms with Crippen LogP contribution in [-0.2, 0) is 24.3 Å². The fourth-order valence-electron chi connectivity index (χ4n) is 3.63. The maximum atomic E-state index is 12.2. The van der Waals surface area contributed by atoms with Gasteiger partial charge < -0.3 is 0 Å². The van der Waals surface area contributed by atoms with Crippen LogP contribution in [0.2, 0.25) is 0 Å². The van der Waals surface area contributed by atoms with Crippen LogP contribution in [0.1, 0.15) is 37.7 Å². The third kappa shape index (κ3) is 4.42. The SMILES string of the molecule is Cc1ccc(S(=O)(=O)OC[C@H]2CC[C@H](N3CCCS3(=O)=O)CC2)cc1. The van der Waals surface area contributed by atoms with Crippen molar-refractivity contribution in [3.63, 3.8) is 0 Å². The lowest BCUT2D eigenvalue weighted by atomic mass is 9.86. The van der Waals surface area contributed by atoms with Gasteiger partial charge in [0.1, 0.15) is 0 Å². The van der Waals surface area contributed by atoms with Crippen LogP contribution < -0.4 is 0 Å². The van der Waals surface area contributed by atoms with E-state index in [9.17, 15) is 16.8 Å². The third-order valence-corrected chi connectivity index (χ3v) is 8.43. The van der Waals surface area contributed by atoms with Gasteiger partial charge in [-0.1, -0.05) is 17.7 Å². The Balaban J connectivity index is 1.52. The Morgan fingerprint density at radius 1 is 1.12 bits per heavy atom. The molecule has 1 aliphatic carbocycles. The van der Waals surface area contributed by atoms with Crippen LogP contribution in [-0.4, -0.2) is 46.1 Å². The fourth-order valence-corrected chi connectivity index (χ4v) is 6.40. The van der Waals surface area contributed by atoms with Crippen LogP contribution in [0, 0.1) is 12.8 Å². The van der Waals surface area contributed by atoms with Gasteiger partial charge in [0.25, 0.3) is 10.1 Å². The highest BCUT2D eigenvalue weighted by atomic mass is 32.2. The molecule has 0 bridgehead atoms. The van der Waals surface area contributed by atoms with Crippen molar-refractivity contribution in [3.05, 3.63) is 29.8 Å². The average Bonchev–Trinajstić information content (AvgIpc) is 2.93. The summed E-state index contributed by atoms with van der Waals surface area (Å²) in [6, 6.07) is 6.67.